The maximum atomic E-state index is 11.7. The van der Waals surface area contributed by atoms with Crippen LogP contribution in [-0.2, 0) is 4.79 Å². The van der Waals surface area contributed by atoms with Crippen LogP contribution in [0.4, 0.5) is 11.5 Å². The SMILES string of the molecule is NCCCC(=O)Nc1cccnc1N1CCCC1. The molecule has 2 heterocycles. The van der Waals surface area contributed by atoms with E-state index in [1.165, 1.54) is 12.8 Å². The summed E-state index contributed by atoms with van der Waals surface area (Å²) in [6, 6.07) is 3.75. The first-order valence-electron chi connectivity index (χ1n) is 6.51. The third-order valence-electron chi connectivity index (χ3n) is 3.07. The van der Waals surface area contributed by atoms with Gasteiger partial charge in [-0.15, -0.1) is 0 Å². The van der Waals surface area contributed by atoms with Gasteiger partial charge in [-0.1, -0.05) is 0 Å². The summed E-state index contributed by atoms with van der Waals surface area (Å²) in [6.45, 7) is 2.57. The fourth-order valence-electron chi connectivity index (χ4n) is 2.15. The van der Waals surface area contributed by atoms with Crippen LogP contribution >= 0.6 is 0 Å². The van der Waals surface area contributed by atoms with Gasteiger partial charge in [-0.2, -0.15) is 0 Å². The minimum Gasteiger partial charge on any atom is -0.355 e. The average Bonchev–Trinajstić information content (AvgIpc) is 2.91. The first-order chi connectivity index (χ1) is 8.81. The monoisotopic (exact) mass is 248 g/mol. The number of nitrogens with two attached hydrogens (primary N) is 1. The number of carbonyl (C=O) groups is 1. The second kappa shape index (κ2) is 6.35. The standard InChI is InChI=1S/C13H20N4O/c14-7-3-6-12(18)16-11-5-4-8-15-13(11)17-9-1-2-10-17/h4-5,8H,1-3,6-7,9-10,14H2,(H,16,18). The van der Waals surface area contributed by atoms with Gasteiger partial charge in [-0.3, -0.25) is 4.79 Å². The summed E-state index contributed by atoms with van der Waals surface area (Å²) in [7, 11) is 0. The zero-order valence-electron chi connectivity index (χ0n) is 10.6. The Kier molecular flexibility index (Phi) is 4.52. The normalized spacial score (nSPS) is 14.8. The molecule has 0 spiro atoms. The van der Waals surface area contributed by atoms with Crippen LogP contribution in [0.2, 0.25) is 0 Å². The first-order valence-corrected chi connectivity index (χ1v) is 6.51. The molecule has 0 saturated carbocycles. The average molecular weight is 248 g/mol. The molecule has 1 aliphatic rings. The van der Waals surface area contributed by atoms with Gasteiger partial charge in [0.15, 0.2) is 5.82 Å². The molecule has 18 heavy (non-hydrogen) atoms. The number of hydrogen-bond acceptors (Lipinski definition) is 4. The van der Waals surface area contributed by atoms with Crippen molar-refractivity contribution in [1.82, 2.24) is 4.98 Å². The highest BCUT2D eigenvalue weighted by molar-refractivity contribution is 5.93. The number of nitrogens with zero attached hydrogens (tertiary/aromatic N) is 2. The zero-order chi connectivity index (χ0) is 12.8. The van der Waals surface area contributed by atoms with Crippen LogP contribution in [-0.4, -0.2) is 30.5 Å². The van der Waals surface area contributed by atoms with Gasteiger partial charge >= 0.3 is 0 Å². The van der Waals surface area contributed by atoms with Crippen LogP contribution in [0.1, 0.15) is 25.7 Å². The molecule has 0 atom stereocenters. The van der Waals surface area contributed by atoms with E-state index in [0.29, 0.717) is 19.4 Å². The molecule has 3 N–H and O–H groups in total. The molecule has 1 saturated heterocycles. The van der Waals surface area contributed by atoms with E-state index in [0.717, 1.165) is 24.6 Å². The maximum Gasteiger partial charge on any atom is 0.224 e. The fourth-order valence-corrected chi connectivity index (χ4v) is 2.15. The Bertz CT molecular complexity index is 402. The lowest BCUT2D eigenvalue weighted by Gasteiger charge is -2.19. The Balaban J connectivity index is 2.05. The zero-order valence-corrected chi connectivity index (χ0v) is 10.6. The number of aromatic nitrogens is 1. The van der Waals surface area contributed by atoms with Gasteiger partial charge in [-0.25, -0.2) is 4.98 Å². The van der Waals surface area contributed by atoms with Crippen LogP contribution in [0.5, 0.6) is 0 Å². The highest BCUT2D eigenvalue weighted by Crippen LogP contribution is 2.26. The fraction of sp³-hybridized carbons (Fsp3) is 0.538. The lowest BCUT2D eigenvalue weighted by atomic mass is 10.3. The number of carbonyl (C=O) groups excluding carboxylic acids is 1. The van der Waals surface area contributed by atoms with E-state index in [-0.39, 0.29) is 5.91 Å². The second-order valence-electron chi connectivity index (χ2n) is 4.51. The summed E-state index contributed by atoms with van der Waals surface area (Å²) in [5.41, 5.74) is 6.21. The van der Waals surface area contributed by atoms with Crippen LogP contribution in [0.25, 0.3) is 0 Å². The van der Waals surface area contributed by atoms with Crippen molar-refractivity contribution in [2.75, 3.05) is 29.9 Å². The van der Waals surface area contributed by atoms with Gasteiger partial charge in [0.25, 0.3) is 0 Å². The molecule has 98 valence electrons. The Labute approximate surface area is 107 Å². The van der Waals surface area contributed by atoms with Gasteiger partial charge in [0, 0.05) is 25.7 Å². The Hall–Kier alpha value is -1.62. The molecule has 5 heteroatoms. The van der Waals surface area contributed by atoms with Crippen LogP contribution < -0.4 is 16.0 Å². The number of pyridine rings is 1. The van der Waals surface area contributed by atoms with E-state index in [1.54, 1.807) is 6.20 Å². The van der Waals surface area contributed by atoms with Gasteiger partial charge in [0.05, 0.1) is 5.69 Å². The van der Waals surface area contributed by atoms with E-state index in [4.69, 9.17) is 5.73 Å². The van der Waals surface area contributed by atoms with Crippen molar-refractivity contribution in [3.8, 4) is 0 Å². The van der Waals surface area contributed by atoms with Crippen molar-refractivity contribution in [3.05, 3.63) is 18.3 Å². The number of hydrogen-bond donors (Lipinski definition) is 2. The van der Waals surface area contributed by atoms with E-state index in [9.17, 15) is 4.79 Å². The van der Waals surface area contributed by atoms with Gasteiger partial charge in [0.1, 0.15) is 0 Å². The predicted octanol–water partition coefficient (Wildman–Crippen LogP) is 1.36. The molecule has 5 nitrogen and oxygen atoms in total. The minimum atomic E-state index is 0.00824. The molecular weight excluding hydrogens is 228 g/mol. The van der Waals surface area contributed by atoms with Gasteiger partial charge in [-0.05, 0) is 37.9 Å². The molecule has 0 aromatic carbocycles. The molecule has 1 aromatic heterocycles. The number of anilines is 2. The van der Waals surface area contributed by atoms with Crippen LogP contribution in [0, 0.1) is 0 Å². The lowest BCUT2D eigenvalue weighted by Crippen LogP contribution is -2.22. The molecule has 0 aliphatic carbocycles. The minimum absolute atomic E-state index is 0.00824. The molecule has 1 aromatic rings. The van der Waals surface area contributed by atoms with Crippen molar-refractivity contribution in [1.29, 1.82) is 0 Å². The molecule has 1 fully saturated rings. The maximum absolute atomic E-state index is 11.7. The Morgan fingerprint density at radius 3 is 2.94 bits per heavy atom. The topological polar surface area (TPSA) is 71.2 Å². The highest BCUT2D eigenvalue weighted by Gasteiger charge is 2.17. The number of nitrogens with one attached hydrogen (secondary N) is 1. The Morgan fingerprint density at radius 2 is 2.22 bits per heavy atom. The van der Waals surface area contributed by atoms with Gasteiger partial charge in [0.2, 0.25) is 5.91 Å². The quantitative estimate of drug-likeness (QED) is 0.825. The van der Waals surface area contributed by atoms with E-state index in [2.05, 4.69) is 15.2 Å². The van der Waals surface area contributed by atoms with E-state index < -0.39 is 0 Å². The van der Waals surface area contributed by atoms with Crippen molar-refractivity contribution in [2.24, 2.45) is 5.73 Å². The van der Waals surface area contributed by atoms with Crippen molar-refractivity contribution >= 4 is 17.4 Å². The third-order valence-corrected chi connectivity index (χ3v) is 3.07. The summed E-state index contributed by atoms with van der Waals surface area (Å²) in [5.74, 6) is 0.894. The number of rotatable bonds is 5. The van der Waals surface area contributed by atoms with Crippen molar-refractivity contribution < 1.29 is 4.79 Å². The summed E-state index contributed by atoms with van der Waals surface area (Å²) in [5, 5.41) is 2.92. The molecule has 2 rings (SSSR count). The molecule has 0 unspecified atom stereocenters. The molecule has 0 bridgehead atoms. The second-order valence-corrected chi connectivity index (χ2v) is 4.51. The Morgan fingerprint density at radius 1 is 1.44 bits per heavy atom. The molecular formula is C13H20N4O. The van der Waals surface area contributed by atoms with Gasteiger partial charge < -0.3 is 16.0 Å². The third kappa shape index (κ3) is 3.20. The number of amides is 1. The summed E-state index contributed by atoms with van der Waals surface area (Å²) in [4.78, 5) is 18.3. The summed E-state index contributed by atoms with van der Waals surface area (Å²) < 4.78 is 0. The first kappa shape index (κ1) is 12.8. The van der Waals surface area contributed by atoms with Crippen molar-refractivity contribution in [3.63, 3.8) is 0 Å². The van der Waals surface area contributed by atoms with Crippen molar-refractivity contribution in [2.45, 2.75) is 25.7 Å². The molecule has 0 radical (unpaired) electrons. The predicted molar refractivity (Wildman–Crippen MR) is 72.6 cm³/mol. The molecule has 1 amide bonds. The van der Waals surface area contributed by atoms with E-state index in [1.807, 2.05) is 12.1 Å². The smallest absolute Gasteiger partial charge is 0.224 e. The van der Waals surface area contributed by atoms with Crippen LogP contribution in [0.3, 0.4) is 0 Å². The highest BCUT2D eigenvalue weighted by atomic mass is 16.1. The summed E-state index contributed by atoms with van der Waals surface area (Å²) >= 11 is 0. The lowest BCUT2D eigenvalue weighted by molar-refractivity contribution is -0.116. The molecule has 1 aliphatic heterocycles. The summed E-state index contributed by atoms with van der Waals surface area (Å²) in [6.07, 6.45) is 5.33. The largest absolute Gasteiger partial charge is 0.355 e. The van der Waals surface area contributed by atoms with E-state index >= 15 is 0 Å². The van der Waals surface area contributed by atoms with Crippen LogP contribution in [0.15, 0.2) is 18.3 Å².